The number of fused-ring (bicyclic) bond motifs is 1. The van der Waals surface area contributed by atoms with Gasteiger partial charge in [-0.05, 0) is 6.07 Å². The fraction of sp³-hybridized carbons (Fsp3) is 0. The minimum atomic E-state index is 0.309. The first kappa shape index (κ1) is 7.90. The van der Waals surface area contributed by atoms with Crippen LogP contribution in [0.3, 0.4) is 0 Å². The second-order valence-corrected chi connectivity index (χ2v) is 2.93. The van der Waals surface area contributed by atoms with E-state index in [2.05, 4.69) is 4.98 Å². The second kappa shape index (κ2) is 2.64. The van der Waals surface area contributed by atoms with Crippen molar-refractivity contribution in [1.29, 1.82) is 5.26 Å². The largest absolute Gasteiger partial charge is 0.711 e. The summed E-state index contributed by atoms with van der Waals surface area (Å²) in [6, 6.07) is 3.41. The Morgan fingerprint density at radius 2 is 2.38 bits per heavy atom. The van der Waals surface area contributed by atoms with Crippen LogP contribution in [0.4, 0.5) is 0 Å². The van der Waals surface area contributed by atoms with E-state index in [-0.39, 0.29) is 0 Å². The molecule has 0 fully saturated rings. The predicted octanol–water partition coefficient (Wildman–Crippen LogP) is 1.33. The Balaban J connectivity index is 2.98. The van der Waals surface area contributed by atoms with Gasteiger partial charge in [0.1, 0.15) is 23.2 Å². The zero-order valence-electron chi connectivity index (χ0n) is 6.41. The number of aromatic nitrogens is 2. The minimum Gasteiger partial charge on any atom is -0.711 e. The molecule has 2 heterocycles. The summed E-state index contributed by atoms with van der Waals surface area (Å²) in [5, 5.41) is 20.8. The van der Waals surface area contributed by atoms with Crippen LogP contribution >= 0.6 is 11.6 Å². The topological polar surface area (TPSA) is 66.5 Å². The van der Waals surface area contributed by atoms with E-state index < -0.39 is 0 Å². The lowest BCUT2D eigenvalue weighted by Crippen LogP contribution is -2.26. The van der Waals surface area contributed by atoms with Crippen LogP contribution < -0.4 is 4.73 Å². The van der Waals surface area contributed by atoms with Crippen LogP contribution in [0.15, 0.2) is 18.5 Å². The van der Waals surface area contributed by atoms with Crippen molar-refractivity contribution in [2.24, 2.45) is 0 Å². The minimum absolute atomic E-state index is 0.309. The van der Waals surface area contributed by atoms with E-state index in [1.54, 1.807) is 0 Å². The van der Waals surface area contributed by atoms with Gasteiger partial charge in [-0.1, -0.05) is 11.6 Å². The summed E-state index contributed by atoms with van der Waals surface area (Å²) in [7, 11) is 0. The maximum Gasteiger partial charge on any atom is 0.292 e. The van der Waals surface area contributed by atoms with Gasteiger partial charge in [-0.2, -0.15) is 5.26 Å². The number of aromatic amines is 1. The molecule has 13 heavy (non-hydrogen) atoms. The smallest absolute Gasteiger partial charge is 0.292 e. The summed E-state index contributed by atoms with van der Waals surface area (Å²) >= 11 is 5.83. The molecule has 64 valence electrons. The predicted molar refractivity (Wildman–Crippen MR) is 47.0 cm³/mol. The SMILES string of the molecule is N#Cc1c[nH]c2c1c(Cl)cc[n+]2[O-]. The molecule has 1 N–H and O–H groups in total. The van der Waals surface area contributed by atoms with Crippen LogP contribution in [-0.4, -0.2) is 4.98 Å². The van der Waals surface area contributed by atoms with Crippen molar-refractivity contribution >= 4 is 22.6 Å². The molecule has 0 saturated carbocycles. The molecule has 5 heteroatoms. The van der Waals surface area contributed by atoms with E-state index in [9.17, 15) is 5.21 Å². The molecule has 0 aliphatic heterocycles. The van der Waals surface area contributed by atoms with Gasteiger partial charge in [-0.25, -0.2) is 9.71 Å². The number of halogens is 1. The molecule has 0 atom stereocenters. The third kappa shape index (κ3) is 1.02. The number of nitrogens with one attached hydrogen (secondary N) is 1. The molecule has 0 aliphatic carbocycles. The number of nitrogens with zero attached hydrogens (tertiary/aromatic N) is 2. The van der Waals surface area contributed by atoms with Gasteiger partial charge in [-0.15, -0.1) is 0 Å². The number of hydrogen-bond donors (Lipinski definition) is 1. The first-order valence-corrected chi connectivity index (χ1v) is 3.90. The van der Waals surface area contributed by atoms with Crippen molar-refractivity contribution in [2.75, 3.05) is 0 Å². The molecular formula is C8H4ClN3O. The first-order chi connectivity index (χ1) is 6.24. The lowest BCUT2D eigenvalue weighted by atomic mass is 10.2. The maximum atomic E-state index is 11.2. The number of nitriles is 1. The Bertz CT molecular complexity index is 512. The van der Waals surface area contributed by atoms with Crippen LogP contribution in [0.1, 0.15) is 5.56 Å². The van der Waals surface area contributed by atoms with Crippen molar-refractivity contribution in [1.82, 2.24) is 4.98 Å². The van der Waals surface area contributed by atoms with Crippen molar-refractivity contribution in [2.45, 2.75) is 0 Å². The molecule has 0 spiro atoms. The summed E-state index contributed by atoms with van der Waals surface area (Å²) in [5.41, 5.74) is 0.689. The van der Waals surface area contributed by atoms with Crippen LogP contribution in [0, 0.1) is 16.5 Å². The van der Waals surface area contributed by atoms with E-state index in [0.717, 1.165) is 0 Å². The fourth-order valence-electron chi connectivity index (χ4n) is 1.21. The Kier molecular flexibility index (Phi) is 1.61. The third-order valence-electron chi connectivity index (χ3n) is 1.80. The summed E-state index contributed by atoms with van der Waals surface area (Å²) < 4.78 is 0.641. The summed E-state index contributed by atoms with van der Waals surface area (Å²) in [4.78, 5) is 2.69. The third-order valence-corrected chi connectivity index (χ3v) is 2.11. The van der Waals surface area contributed by atoms with Gasteiger partial charge in [0.25, 0.3) is 5.65 Å². The van der Waals surface area contributed by atoms with Gasteiger partial charge in [0, 0.05) is 0 Å². The second-order valence-electron chi connectivity index (χ2n) is 2.53. The average molecular weight is 194 g/mol. The van der Waals surface area contributed by atoms with Crippen molar-refractivity contribution < 1.29 is 4.73 Å². The Morgan fingerprint density at radius 1 is 1.62 bits per heavy atom. The van der Waals surface area contributed by atoms with Crippen molar-refractivity contribution in [3.8, 4) is 6.07 Å². The fourth-order valence-corrected chi connectivity index (χ4v) is 1.45. The molecule has 2 rings (SSSR count). The molecule has 0 bridgehead atoms. The molecule has 0 unspecified atom stereocenters. The normalized spacial score (nSPS) is 10.2. The van der Waals surface area contributed by atoms with Gasteiger partial charge in [0.15, 0.2) is 0 Å². The van der Waals surface area contributed by atoms with Crippen molar-refractivity contribution in [3.63, 3.8) is 0 Å². The van der Waals surface area contributed by atoms with Crippen LogP contribution in [0.5, 0.6) is 0 Å². The Labute approximate surface area is 78.6 Å². The zero-order valence-corrected chi connectivity index (χ0v) is 7.17. The molecule has 0 radical (unpaired) electrons. The van der Waals surface area contributed by atoms with Gasteiger partial charge in [-0.3, -0.25) is 0 Å². The molecular weight excluding hydrogens is 190 g/mol. The van der Waals surface area contributed by atoms with Crippen LogP contribution in [0.2, 0.25) is 5.02 Å². The average Bonchev–Trinajstić information content (AvgIpc) is 2.56. The lowest BCUT2D eigenvalue weighted by molar-refractivity contribution is -0.579. The monoisotopic (exact) mass is 193 g/mol. The number of rotatable bonds is 0. The highest BCUT2D eigenvalue weighted by Gasteiger charge is 2.13. The molecule has 0 aliphatic rings. The first-order valence-electron chi connectivity index (χ1n) is 3.53. The quantitative estimate of drug-likeness (QED) is 0.507. The molecule has 2 aromatic rings. The standard InChI is InChI=1S/C8H4ClN3O/c9-6-1-2-12(13)8-7(6)5(3-10)4-11-8/h1-2,4,11H. The van der Waals surface area contributed by atoms with Gasteiger partial charge in [0.05, 0.1) is 11.2 Å². The van der Waals surface area contributed by atoms with Crippen molar-refractivity contribution in [3.05, 3.63) is 34.3 Å². The Morgan fingerprint density at radius 3 is 3.08 bits per heavy atom. The van der Waals surface area contributed by atoms with E-state index in [0.29, 0.717) is 26.3 Å². The summed E-state index contributed by atoms with van der Waals surface area (Å²) in [5.74, 6) is 0. The zero-order chi connectivity index (χ0) is 9.42. The van der Waals surface area contributed by atoms with E-state index in [1.807, 2.05) is 6.07 Å². The maximum absolute atomic E-state index is 11.2. The highest BCUT2D eigenvalue weighted by atomic mass is 35.5. The molecule has 0 saturated heterocycles. The summed E-state index contributed by atoms with van der Waals surface area (Å²) in [6.45, 7) is 0. The van der Waals surface area contributed by atoms with Gasteiger partial charge >= 0.3 is 0 Å². The van der Waals surface area contributed by atoms with Gasteiger partial charge in [0.2, 0.25) is 0 Å². The van der Waals surface area contributed by atoms with Crippen LogP contribution in [-0.2, 0) is 0 Å². The van der Waals surface area contributed by atoms with E-state index >= 15 is 0 Å². The highest BCUT2D eigenvalue weighted by molar-refractivity contribution is 6.35. The lowest BCUT2D eigenvalue weighted by Gasteiger charge is -2.01. The number of pyridine rings is 1. The summed E-state index contributed by atoms with van der Waals surface area (Å²) in [6.07, 6.45) is 2.76. The van der Waals surface area contributed by atoms with Crippen LogP contribution in [0.25, 0.3) is 11.0 Å². The number of H-pyrrole nitrogens is 1. The van der Waals surface area contributed by atoms with E-state index in [4.69, 9.17) is 16.9 Å². The molecule has 4 nitrogen and oxygen atoms in total. The highest BCUT2D eigenvalue weighted by Crippen LogP contribution is 2.22. The molecule has 0 amide bonds. The number of hydrogen-bond acceptors (Lipinski definition) is 2. The molecule has 2 aromatic heterocycles. The van der Waals surface area contributed by atoms with E-state index in [1.165, 1.54) is 18.5 Å². The van der Waals surface area contributed by atoms with Gasteiger partial charge < -0.3 is 5.21 Å². The Hall–Kier alpha value is -1.73. The molecule has 0 aromatic carbocycles.